The van der Waals surface area contributed by atoms with E-state index in [1.54, 1.807) is 0 Å². The number of halogens is 1. The minimum absolute atomic E-state index is 0.0589. The first kappa shape index (κ1) is 14.1. The standard InChI is InChI=1S/C17H18ClN3/c1-17(2,3)21-15-8-9-19-11-14(15)20-16(21)13-6-4-12(10-18)5-7-13/h4-9,11H,10H2,1-3H3. The van der Waals surface area contributed by atoms with Crippen LogP contribution in [0.5, 0.6) is 0 Å². The first-order valence-electron chi connectivity index (χ1n) is 6.99. The van der Waals surface area contributed by atoms with Gasteiger partial charge in [0.2, 0.25) is 0 Å². The molecule has 3 nitrogen and oxygen atoms in total. The first-order chi connectivity index (χ1) is 10.0. The molecule has 0 atom stereocenters. The van der Waals surface area contributed by atoms with Gasteiger partial charge >= 0.3 is 0 Å². The molecule has 0 radical (unpaired) electrons. The molecule has 3 rings (SSSR count). The minimum atomic E-state index is -0.0589. The Kier molecular flexibility index (Phi) is 3.46. The highest BCUT2D eigenvalue weighted by molar-refractivity contribution is 6.17. The van der Waals surface area contributed by atoms with E-state index in [4.69, 9.17) is 16.6 Å². The van der Waals surface area contributed by atoms with E-state index in [1.165, 1.54) is 0 Å². The van der Waals surface area contributed by atoms with Crippen LogP contribution in [-0.2, 0) is 11.4 Å². The summed E-state index contributed by atoms with van der Waals surface area (Å²) < 4.78 is 2.26. The predicted molar refractivity (Wildman–Crippen MR) is 87.5 cm³/mol. The number of pyridine rings is 1. The SMILES string of the molecule is CC(C)(C)n1c(-c2ccc(CCl)cc2)nc2cnccc21. The average molecular weight is 300 g/mol. The van der Waals surface area contributed by atoms with Crippen molar-refractivity contribution < 1.29 is 0 Å². The van der Waals surface area contributed by atoms with Crippen LogP contribution in [0.15, 0.2) is 42.7 Å². The lowest BCUT2D eigenvalue weighted by Crippen LogP contribution is -2.22. The van der Waals surface area contributed by atoms with Crippen molar-refractivity contribution in [3.63, 3.8) is 0 Å². The summed E-state index contributed by atoms with van der Waals surface area (Å²) in [7, 11) is 0. The number of hydrogen-bond donors (Lipinski definition) is 0. The van der Waals surface area contributed by atoms with Gasteiger partial charge in [0.05, 0.1) is 11.7 Å². The van der Waals surface area contributed by atoms with Gasteiger partial charge in [0.25, 0.3) is 0 Å². The van der Waals surface area contributed by atoms with E-state index in [-0.39, 0.29) is 5.54 Å². The number of nitrogens with zero attached hydrogens (tertiary/aromatic N) is 3. The lowest BCUT2D eigenvalue weighted by molar-refractivity contribution is 0.413. The van der Waals surface area contributed by atoms with Crippen LogP contribution in [0.2, 0.25) is 0 Å². The molecular formula is C17H18ClN3. The fraction of sp³-hybridized carbons (Fsp3) is 0.294. The van der Waals surface area contributed by atoms with Crippen molar-refractivity contribution in [1.29, 1.82) is 0 Å². The first-order valence-corrected chi connectivity index (χ1v) is 7.52. The Labute approximate surface area is 129 Å². The summed E-state index contributed by atoms with van der Waals surface area (Å²) in [6.07, 6.45) is 3.63. The van der Waals surface area contributed by atoms with E-state index in [1.807, 2.05) is 30.6 Å². The fourth-order valence-corrected chi connectivity index (χ4v) is 2.73. The number of imidazole rings is 1. The summed E-state index contributed by atoms with van der Waals surface area (Å²) in [5, 5.41) is 0. The van der Waals surface area contributed by atoms with Crippen molar-refractivity contribution in [2.75, 3.05) is 0 Å². The topological polar surface area (TPSA) is 30.7 Å². The summed E-state index contributed by atoms with van der Waals surface area (Å²) >= 11 is 5.86. The van der Waals surface area contributed by atoms with Gasteiger partial charge in [0.1, 0.15) is 11.3 Å². The van der Waals surface area contributed by atoms with Crippen LogP contribution >= 0.6 is 11.6 Å². The lowest BCUT2D eigenvalue weighted by atomic mass is 10.1. The molecule has 0 saturated heterocycles. The molecule has 0 aliphatic heterocycles. The molecule has 4 heteroatoms. The van der Waals surface area contributed by atoms with Crippen molar-refractivity contribution in [2.45, 2.75) is 32.2 Å². The van der Waals surface area contributed by atoms with E-state index in [2.05, 4.69) is 42.5 Å². The Balaban J connectivity index is 2.25. The van der Waals surface area contributed by atoms with Gasteiger partial charge in [-0.15, -0.1) is 11.6 Å². The number of aromatic nitrogens is 3. The zero-order valence-electron chi connectivity index (χ0n) is 12.5. The van der Waals surface area contributed by atoms with Crippen LogP contribution in [-0.4, -0.2) is 14.5 Å². The fourth-order valence-electron chi connectivity index (χ4n) is 2.55. The Morgan fingerprint density at radius 3 is 2.43 bits per heavy atom. The van der Waals surface area contributed by atoms with Gasteiger partial charge in [-0.2, -0.15) is 0 Å². The van der Waals surface area contributed by atoms with Crippen LogP contribution in [0.4, 0.5) is 0 Å². The van der Waals surface area contributed by atoms with E-state index in [9.17, 15) is 0 Å². The molecule has 0 amide bonds. The van der Waals surface area contributed by atoms with Gasteiger partial charge in [-0.1, -0.05) is 24.3 Å². The third-order valence-corrected chi connectivity index (χ3v) is 3.80. The van der Waals surface area contributed by atoms with Gasteiger partial charge in [-0.25, -0.2) is 4.98 Å². The van der Waals surface area contributed by atoms with E-state index in [0.717, 1.165) is 28.0 Å². The summed E-state index contributed by atoms with van der Waals surface area (Å²) in [6, 6.07) is 10.3. The summed E-state index contributed by atoms with van der Waals surface area (Å²) in [4.78, 5) is 8.95. The number of alkyl halides is 1. The Bertz CT molecular complexity index is 767. The van der Waals surface area contributed by atoms with Crippen molar-refractivity contribution >= 4 is 22.6 Å². The number of fused-ring (bicyclic) bond motifs is 1. The van der Waals surface area contributed by atoms with Gasteiger partial charge in [-0.3, -0.25) is 4.98 Å². The zero-order chi connectivity index (χ0) is 15.0. The maximum absolute atomic E-state index is 5.86. The van der Waals surface area contributed by atoms with E-state index in [0.29, 0.717) is 5.88 Å². The molecule has 2 aromatic heterocycles. The maximum atomic E-state index is 5.86. The van der Waals surface area contributed by atoms with Crippen LogP contribution in [0.3, 0.4) is 0 Å². The third-order valence-electron chi connectivity index (χ3n) is 3.49. The molecule has 0 spiro atoms. The van der Waals surface area contributed by atoms with E-state index < -0.39 is 0 Å². The smallest absolute Gasteiger partial charge is 0.141 e. The maximum Gasteiger partial charge on any atom is 0.141 e. The molecule has 1 aromatic carbocycles. The van der Waals surface area contributed by atoms with Crippen LogP contribution in [0.1, 0.15) is 26.3 Å². The molecule has 0 aliphatic carbocycles. The average Bonchev–Trinajstić information content (AvgIpc) is 2.86. The second-order valence-electron chi connectivity index (χ2n) is 6.14. The summed E-state index contributed by atoms with van der Waals surface area (Å²) in [5.74, 6) is 1.49. The molecule has 108 valence electrons. The van der Waals surface area contributed by atoms with Gasteiger partial charge in [-0.05, 0) is 32.4 Å². The van der Waals surface area contributed by atoms with Crippen molar-refractivity contribution in [1.82, 2.24) is 14.5 Å². The largest absolute Gasteiger partial charge is 0.318 e. The van der Waals surface area contributed by atoms with Crippen LogP contribution in [0, 0.1) is 0 Å². The monoisotopic (exact) mass is 299 g/mol. The quantitative estimate of drug-likeness (QED) is 0.648. The number of hydrogen-bond acceptors (Lipinski definition) is 2. The van der Waals surface area contributed by atoms with Crippen molar-refractivity contribution in [3.05, 3.63) is 48.3 Å². The lowest BCUT2D eigenvalue weighted by Gasteiger charge is -2.24. The molecule has 0 fully saturated rings. The highest BCUT2D eigenvalue weighted by Gasteiger charge is 2.22. The van der Waals surface area contributed by atoms with Crippen LogP contribution < -0.4 is 0 Å². The summed E-state index contributed by atoms with van der Waals surface area (Å²) in [5.41, 5.74) is 4.17. The predicted octanol–water partition coefficient (Wildman–Crippen LogP) is 4.59. The molecule has 0 bridgehead atoms. The molecule has 2 heterocycles. The molecule has 0 N–H and O–H groups in total. The molecule has 21 heavy (non-hydrogen) atoms. The highest BCUT2D eigenvalue weighted by atomic mass is 35.5. The van der Waals surface area contributed by atoms with Crippen molar-refractivity contribution in [2.24, 2.45) is 0 Å². The number of rotatable bonds is 2. The summed E-state index contributed by atoms with van der Waals surface area (Å²) in [6.45, 7) is 6.56. The molecule has 0 unspecified atom stereocenters. The van der Waals surface area contributed by atoms with Gasteiger partial charge in [0, 0.05) is 23.2 Å². The molecule has 0 saturated carbocycles. The second-order valence-corrected chi connectivity index (χ2v) is 6.40. The molecule has 3 aromatic rings. The van der Waals surface area contributed by atoms with Gasteiger partial charge < -0.3 is 4.57 Å². The highest BCUT2D eigenvalue weighted by Crippen LogP contribution is 2.30. The zero-order valence-corrected chi connectivity index (χ0v) is 13.2. The Morgan fingerprint density at radius 1 is 1.10 bits per heavy atom. The Hall–Kier alpha value is -1.87. The number of benzene rings is 1. The van der Waals surface area contributed by atoms with Crippen molar-refractivity contribution in [3.8, 4) is 11.4 Å². The Morgan fingerprint density at radius 2 is 1.81 bits per heavy atom. The molecule has 0 aliphatic rings. The third kappa shape index (κ3) is 2.54. The minimum Gasteiger partial charge on any atom is -0.318 e. The second kappa shape index (κ2) is 5.15. The van der Waals surface area contributed by atoms with Crippen LogP contribution in [0.25, 0.3) is 22.4 Å². The van der Waals surface area contributed by atoms with E-state index >= 15 is 0 Å². The van der Waals surface area contributed by atoms with Gasteiger partial charge in [0.15, 0.2) is 0 Å². The normalized spacial score (nSPS) is 12.0. The molecular weight excluding hydrogens is 282 g/mol.